The van der Waals surface area contributed by atoms with Crippen molar-refractivity contribution >= 4 is 11.8 Å². The molecule has 2 aliphatic carbocycles. The topological polar surface area (TPSA) is 61.4 Å². The molecule has 0 aromatic rings. The Balaban J connectivity index is 1.40. The van der Waals surface area contributed by atoms with Crippen LogP contribution < -0.4 is 10.6 Å². The highest BCUT2D eigenvalue weighted by atomic mass is 19.1. The van der Waals surface area contributed by atoms with E-state index in [0.29, 0.717) is 43.2 Å². The third-order valence-electron chi connectivity index (χ3n) is 8.77. The minimum Gasteiger partial charge on any atom is -0.350 e. The van der Waals surface area contributed by atoms with Crippen LogP contribution in [0.5, 0.6) is 0 Å². The first-order valence-electron chi connectivity index (χ1n) is 12.3. The van der Waals surface area contributed by atoms with Gasteiger partial charge in [0.25, 0.3) is 0 Å². The van der Waals surface area contributed by atoms with Crippen molar-refractivity contribution in [2.45, 2.75) is 95.7 Å². The van der Waals surface area contributed by atoms with Gasteiger partial charge in [-0.05, 0) is 69.6 Å². The third kappa shape index (κ3) is 4.76. The van der Waals surface area contributed by atoms with Crippen LogP contribution in [0, 0.1) is 29.6 Å². The van der Waals surface area contributed by atoms with Crippen molar-refractivity contribution in [3.63, 3.8) is 0 Å². The third-order valence-corrected chi connectivity index (χ3v) is 8.77. The van der Waals surface area contributed by atoms with Gasteiger partial charge in [0.05, 0.1) is 6.04 Å². The van der Waals surface area contributed by atoms with Gasteiger partial charge in [0.15, 0.2) is 0 Å². The van der Waals surface area contributed by atoms with Crippen LogP contribution in [-0.4, -0.2) is 60.8 Å². The van der Waals surface area contributed by atoms with Gasteiger partial charge in [0.1, 0.15) is 12.3 Å². The van der Waals surface area contributed by atoms with Crippen LogP contribution in [0.4, 0.5) is 8.78 Å². The quantitative estimate of drug-likeness (QED) is 0.710. The molecule has 4 aliphatic rings. The Labute approximate surface area is 185 Å². The molecule has 5 nitrogen and oxygen atoms in total. The minimum absolute atomic E-state index is 0.0389. The number of carbonyl (C=O) groups excluding carboxylic acids is 2. The number of carbonyl (C=O) groups is 2. The van der Waals surface area contributed by atoms with Crippen LogP contribution >= 0.6 is 0 Å². The molecular weight excluding hydrogens is 400 g/mol. The number of likely N-dealkylation sites (tertiary alicyclic amines) is 1. The number of fused-ring (bicyclic) bond motifs is 1. The molecule has 7 heteroatoms. The van der Waals surface area contributed by atoms with Crippen molar-refractivity contribution in [3.8, 4) is 0 Å². The Morgan fingerprint density at radius 1 is 1.06 bits per heavy atom. The number of hydrogen-bond donors (Lipinski definition) is 2. The normalized spacial score (nSPS) is 46.4. The van der Waals surface area contributed by atoms with E-state index in [1.807, 2.05) is 11.9 Å². The zero-order valence-electron chi connectivity index (χ0n) is 19.2. The lowest BCUT2D eigenvalue weighted by molar-refractivity contribution is -0.150. The summed E-state index contributed by atoms with van der Waals surface area (Å²) in [5.74, 6) is 0.952. The SMILES string of the molecule is CC1CC2C(CN1)CC(C1CC(C(=O)NC3CCC(F)CC3F)CCC1C)C(=O)N2C. The van der Waals surface area contributed by atoms with Gasteiger partial charge >= 0.3 is 0 Å². The second-order valence-corrected chi connectivity index (χ2v) is 10.9. The molecule has 10 unspecified atom stereocenters. The van der Waals surface area contributed by atoms with E-state index in [0.717, 1.165) is 32.2 Å². The monoisotopic (exact) mass is 439 g/mol. The lowest BCUT2D eigenvalue weighted by atomic mass is 9.64. The first kappa shape index (κ1) is 22.9. The summed E-state index contributed by atoms with van der Waals surface area (Å²) >= 11 is 0. The van der Waals surface area contributed by atoms with E-state index in [-0.39, 0.29) is 36.0 Å². The number of alkyl halides is 2. The average molecular weight is 440 g/mol. The van der Waals surface area contributed by atoms with Crippen LogP contribution in [0.3, 0.4) is 0 Å². The minimum atomic E-state index is -1.31. The van der Waals surface area contributed by atoms with Crippen LogP contribution in [0.15, 0.2) is 0 Å². The van der Waals surface area contributed by atoms with E-state index in [4.69, 9.17) is 0 Å². The molecule has 2 saturated carbocycles. The molecule has 4 rings (SSSR count). The van der Waals surface area contributed by atoms with Gasteiger partial charge in [-0.1, -0.05) is 6.92 Å². The highest BCUT2D eigenvalue weighted by molar-refractivity contribution is 5.81. The first-order chi connectivity index (χ1) is 14.7. The standard InChI is InChI=1S/C24H39F2N3O2/c1-13-4-5-15(23(30)28-21-7-6-17(25)11-20(21)26)9-18(13)19-10-16-12-27-14(2)8-22(16)29(3)24(19)31/h13-22,27H,4-12H2,1-3H3,(H,28,30). The maximum Gasteiger partial charge on any atom is 0.225 e. The van der Waals surface area contributed by atoms with Crippen molar-refractivity contribution in [1.82, 2.24) is 15.5 Å². The van der Waals surface area contributed by atoms with Crippen molar-refractivity contribution in [2.75, 3.05) is 13.6 Å². The van der Waals surface area contributed by atoms with E-state index in [2.05, 4.69) is 24.5 Å². The first-order valence-corrected chi connectivity index (χ1v) is 12.3. The zero-order valence-corrected chi connectivity index (χ0v) is 19.2. The summed E-state index contributed by atoms with van der Waals surface area (Å²) in [7, 11) is 1.95. The van der Waals surface area contributed by atoms with Gasteiger partial charge in [-0.15, -0.1) is 0 Å². The van der Waals surface area contributed by atoms with Gasteiger partial charge < -0.3 is 15.5 Å². The smallest absolute Gasteiger partial charge is 0.225 e. The van der Waals surface area contributed by atoms with E-state index >= 15 is 0 Å². The molecule has 2 amide bonds. The molecule has 10 atom stereocenters. The Kier molecular flexibility index (Phi) is 6.90. The van der Waals surface area contributed by atoms with Crippen LogP contribution in [-0.2, 0) is 9.59 Å². The highest BCUT2D eigenvalue weighted by Crippen LogP contribution is 2.44. The number of amides is 2. The molecule has 2 saturated heterocycles. The Morgan fingerprint density at radius 3 is 2.58 bits per heavy atom. The van der Waals surface area contributed by atoms with Crippen LogP contribution in [0.2, 0.25) is 0 Å². The predicted octanol–water partition coefficient (Wildman–Crippen LogP) is 3.23. The average Bonchev–Trinajstić information content (AvgIpc) is 2.73. The molecule has 31 heavy (non-hydrogen) atoms. The number of halogens is 2. The Morgan fingerprint density at radius 2 is 1.84 bits per heavy atom. The summed E-state index contributed by atoms with van der Waals surface area (Å²) in [6.45, 7) is 5.33. The molecule has 4 fully saturated rings. The maximum absolute atomic E-state index is 14.2. The van der Waals surface area contributed by atoms with Gasteiger partial charge in [0.2, 0.25) is 11.8 Å². The van der Waals surface area contributed by atoms with E-state index in [1.54, 1.807) is 0 Å². The summed E-state index contributed by atoms with van der Waals surface area (Å²) < 4.78 is 27.6. The van der Waals surface area contributed by atoms with Gasteiger partial charge in [-0.2, -0.15) is 0 Å². The Bertz CT molecular complexity index is 677. The summed E-state index contributed by atoms with van der Waals surface area (Å²) in [4.78, 5) is 28.3. The van der Waals surface area contributed by atoms with E-state index in [1.165, 1.54) is 0 Å². The summed E-state index contributed by atoms with van der Waals surface area (Å²) in [5.41, 5.74) is 0. The number of rotatable bonds is 3. The van der Waals surface area contributed by atoms with Crippen molar-refractivity contribution in [3.05, 3.63) is 0 Å². The largest absolute Gasteiger partial charge is 0.350 e. The molecule has 0 aromatic carbocycles. The molecule has 176 valence electrons. The molecule has 0 aromatic heterocycles. The van der Waals surface area contributed by atoms with Gasteiger partial charge in [-0.3, -0.25) is 9.59 Å². The molecule has 2 N–H and O–H groups in total. The van der Waals surface area contributed by atoms with Gasteiger partial charge in [-0.25, -0.2) is 8.78 Å². The number of piperidine rings is 2. The van der Waals surface area contributed by atoms with Crippen molar-refractivity contribution in [1.29, 1.82) is 0 Å². The highest BCUT2D eigenvalue weighted by Gasteiger charge is 2.47. The predicted molar refractivity (Wildman–Crippen MR) is 116 cm³/mol. The molecule has 2 heterocycles. The van der Waals surface area contributed by atoms with Gasteiger partial charge in [0, 0.05) is 43.9 Å². The Hall–Kier alpha value is -1.24. The maximum atomic E-state index is 14.2. The lowest BCUT2D eigenvalue weighted by Crippen LogP contribution is -2.60. The van der Waals surface area contributed by atoms with Crippen molar-refractivity contribution < 1.29 is 18.4 Å². The fraction of sp³-hybridized carbons (Fsp3) is 0.917. The zero-order chi connectivity index (χ0) is 22.3. The second-order valence-electron chi connectivity index (χ2n) is 10.9. The molecule has 0 bridgehead atoms. The number of nitrogens with zero attached hydrogens (tertiary/aromatic N) is 1. The van der Waals surface area contributed by atoms with Crippen molar-refractivity contribution in [2.24, 2.45) is 29.6 Å². The molecule has 0 spiro atoms. The van der Waals surface area contributed by atoms with E-state index in [9.17, 15) is 18.4 Å². The van der Waals surface area contributed by atoms with Crippen LogP contribution in [0.25, 0.3) is 0 Å². The summed E-state index contributed by atoms with van der Waals surface area (Å²) in [6.07, 6.45) is 2.42. The van der Waals surface area contributed by atoms with E-state index < -0.39 is 18.4 Å². The fourth-order valence-corrected chi connectivity index (χ4v) is 6.74. The molecular formula is C24H39F2N3O2. The van der Waals surface area contributed by atoms with Crippen LogP contribution in [0.1, 0.15) is 65.2 Å². The molecule has 0 radical (unpaired) electrons. The molecule has 2 aliphatic heterocycles. The summed E-state index contributed by atoms with van der Waals surface area (Å²) in [5, 5.41) is 6.45. The number of nitrogens with one attached hydrogen (secondary N) is 2. The number of hydrogen-bond acceptors (Lipinski definition) is 3. The summed E-state index contributed by atoms with van der Waals surface area (Å²) in [6, 6.07) is 0.169. The lowest BCUT2D eigenvalue weighted by Gasteiger charge is -2.50. The second kappa shape index (κ2) is 9.32. The fourth-order valence-electron chi connectivity index (χ4n) is 6.74.